The van der Waals surface area contributed by atoms with Crippen LogP contribution < -0.4 is 5.32 Å². The summed E-state index contributed by atoms with van der Waals surface area (Å²) < 4.78 is 0. The molecule has 1 N–H and O–H groups in total. The molecule has 2 amide bonds. The van der Waals surface area contributed by atoms with Gasteiger partial charge in [0.1, 0.15) is 6.61 Å². The highest BCUT2D eigenvalue weighted by atomic mass is 16.7. The topological polar surface area (TPSA) is 61.9 Å². The minimum absolute atomic E-state index is 0.0803. The van der Waals surface area contributed by atoms with E-state index < -0.39 is 0 Å². The van der Waals surface area contributed by atoms with Crippen molar-refractivity contribution in [2.45, 2.75) is 38.7 Å². The van der Waals surface area contributed by atoms with Gasteiger partial charge in [-0.1, -0.05) is 55.0 Å². The van der Waals surface area contributed by atoms with Crippen LogP contribution in [0.3, 0.4) is 0 Å². The van der Waals surface area contributed by atoms with Gasteiger partial charge in [-0.15, -0.1) is 0 Å². The Morgan fingerprint density at radius 2 is 1.50 bits per heavy atom. The smallest absolute Gasteiger partial charge is 0.246 e. The van der Waals surface area contributed by atoms with Crippen molar-refractivity contribution in [3.63, 3.8) is 0 Å². The van der Waals surface area contributed by atoms with Crippen molar-refractivity contribution < 1.29 is 14.4 Å². The van der Waals surface area contributed by atoms with Gasteiger partial charge < -0.3 is 10.2 Å². The molecule has 0 aromatic heterocycles. The summed E-state index contributed by atoms with van der Waals surface area (Å²) in [5.41, 5.74) is 1.72. The molecule has 0 aliphatic rings. The van der Waals surface area contributed by atoms with E-state index in [9.17, 15) is 9.59 Å². The summed E-state index contributed by atoms with van der Waals surface area (Å²) in [5.74, 6) is -0.225. The first kappa shape index (κ1) is 23.6. The predicted octanol–water partition coefficient (Wildman–Crippen LogP) is 4.10. The summed E-state index contributed by atoms with van der Waals surface area (Å²) in [5, 5.41) is 4.19. The molecule has 0 bridgehead atoms. The van der Waals surface area contributed by atoms with Gasteiger partial charge in [0.05, 0.1) is 6.54 Å². The first-order valence-corrected chi connectivity index (χ1v) is 10.5. The summed E-state index contributed by atoms with van der Waals surface area (Å²) >= 11 is 0. The Labute approximate surface area is 179 Å². The van der Waals surface area contributed by atoms with Gasteiger partial charge in [0.2, 0.25) is 11.8 Å². The quantitative estimate of drug-likeness (QED) is 0.398. The summed E-state index contributed by atoms with van der Waals surface area (Å²) in [7, 11) is 4.09. The summed E-state index contributed by atoms with van der Waals surface area (Å²) in [6.07, 6.45) is 3.46. The molecule has 0 saturated carbocycles. The molecule has 0 unspecified atom stereocenters. The number of hydroxylamine groups is 2. The van der Waals surface area contributed by atoms with E-state index in [1.54, 1.807) is 0 Å². The summed E-state index contributed by atoms with van der Waals surface area (Å²) in [4.78, 5) is 32.9. The van der Waals surface area contributed by atoms with E-state index in [2.05, 4.69) is 10.2 Å². The lowest BCUT2D eigenvalue weighted by Crippen LogP contribution is -2.33. The Morgan fingerprint density at radius 1 is 0.833 bits per heavy atom. The van der Waals surface area contributed by atoms with Crippen molar-refractivity contribution >= 4 is 17.5 Å². The van der Waals surface area contributed by atoms with Crippen LogP contribution in [0.15, 0.2) is 60.7 Å². The van der Waals surface area contributed by atoms with E-state index in [1.807, 2.05) is 74.8 Å². The number of nitrogens with zero attached hydrogens (tertiary/aromatic N) is 2. The van der Waals surface area contributed by atoms with Crippen LogP contribution in [-0.4, -0.2) is 49.0 Å². The lowest BCUT2D eigenvalue weighted by molar-refractivity contribution is -0.192. The largest absolute Gasteiger partial charge is 0.326 e. The first-order valence-electron chi connectivity index (χ1n) is 10.5. The van der Waals surface area contributed by atoms with E-state index in [1.165, 1.54) is 5.06 Å². The van der Waals surface area contributed by atoms with Crippen LogP contribution >= 0.6 is 0 Å². The standard InChI is InChI=1S/C24H33N3O3/c1-26(2)18-11-5-10-16-24(29)27(30-20-21-12-6-3-7-13-21)19-17-23(28)25-22-14-8-4-9-15-22/h3-4,6-9,12-15H,5,10-11,16-20H2,1-2H3,(H,25,28). The Hall–Kier alpha value is -2.70. The number of benzene rings is 2. The van der Waals surface area contributed by atoms with Crippen molar-refractivity contribution in [1.29, 1.82) is 0 Å². The van der Waals surface area contributed by atoms with E-state index in [0.29, 0.717) is 13.0 Å². The number of nitrogens with one attached hydrogen (secondary N) is 1. The van der Waals surface area contributed by atoms with Crippen molar-refractivity contribution in [2.75, 3.05) is 32.5 Å². The molecule has 0 aliphatic heterocycles. The molecule has 2 aromatic rings. The molecule has 0 fully saturated rings. The monoisotopic (exact) mass is 411 g/mol. The van der Waals surface area contributed by atoms with Crippen molar-refractivity contribution in [2.24, 2.45) is 0 Å². The molecule has 6 nitrogen and oxygen atoms in total. The van der Waals surface area contributed by atoms with Gasteiger partial charge in [0.25, 0.3) is 0 Å². The molecule has 2 rings (SSSR count). The second-order valence-corrected chi connectivity index (χ2v) is 7.53. The van der Waals surface area contributed by atoms with Gasteiger partial charge in [-0.2, -0.15) is 0 Å². The second-order valence-electron chi connectivity index (χ2n) is 7.53. The predicted molar refractivity (Wildman–Crippen MR) is 120 cm³/mol. The SMILES string of the molecule is CN(C)CCCCCC(=O)N(CCC(=O)Nc1ccccc1)OCc1ccccc1. The third kappa shape index (κ3) is 9.67. The maximum Gasteiger partial charge on any atom is 0.246 e. The fourth-order valence-corrected chi connectivity index (χ4v) is 2.94. The lowest BCUT2D eigenvalue weighted by Gasteiger charge is -2.22. The third-order valence-corrected chi connectivity index (χ3v) is 4.60. The highest BCUT2D eigenvalue weighted by Gasteiger charge is 2.16. The Bertz CT molecular complexity index is 751. The summed E-state index contributed by atoms with van der Waals surface area (Å²) in [6, 6.07) is 19.0. The molecule has 6 heteroatoms. The number of rotatable bonds is 13. The van der Waals surface area contributed by atoms with Crippen LogP contribution in [0.1, 0.15) is 37.7 Å². The van der Waals surface area contributed by atoms with Gasteiger partial charge in [-0.05, 0) is 51.2 Å². The van der Waals surface area contributed by atoms with Crippen molar-refractivity contribution in [3.8, 4) is 0 Å². The molecule has 0 saturated heterocycles. The zero-order valence-electron chi connectivity index (χ0n) is 18.0. The van der Waals surface area contributed by atoms with Gasteiger partial charge in [-0.3, -0.25) is 14.4 Å². The third-order valence-electron chi connectivity index (χ3n) is 4.60. The van der Waals surface area contributed by atoms with Crippen LogP contribution in [0.5, 0.6) is 0 Å². The van der Waals surface area contributed by atoms with Gasteiger partial charge >= 0.3 is 0 Å². The Kier molecular flexibility index (Phi) is 10.6. The van der Waals surface area contributed by atoms with Crippen LogP contribution in [0.25, 0.3) is 0 Å². The number of hydrogen-bond donors (Lipinski definition) is 1. The fourth-order valence-electron chi connectivity index (χ4n) is 2.94. The van der Waals surface area contributed by atoms with Gasteiger partial charge in [0, 0.05) is 18.5 Å². The molecule has 0 radical (unpaired) electrons. The number of unbranched alkanes of at least 4 members (excludes halogenated alkanes) is 2. The van der Waals surface area contributed by atoms with Gasteiger partial charge in [-0.25, -0.2) is 5.06 Å². The number of carbonyl (C=O) groups excluding carboxylic acids is 2. The zero-order valence-corrected chi connectivity index (χ0v) is 18.0. The number of anilines is 1. The molecular formula is C24H33N3O3. The maximum absolute atomic E-state index is 12.7. The molecule has 0 aliphatic carbocycles. The number of carbonyl (C=O) groups is 2. The molecule has 0 spiro atoms. The minimum Gasteiger partial charge on any atom is -0.326 e. The van der Waals surface area contributed by atoms with Crippen LogP contribution in [0.2, 0.25) is 0 Å². The number of amides is 2. The molecular weight excluding hydrogens is 378 g/mol. The maximum atomic E-state index is 12.7. The second kappa shape index (κ2) is 13.5. The van der Waals surface area contributed by atoms with E-state index in [0.717, 1.165) is 37.1 Å². The molecule has 0 heterocycles. The average Bonchev–Trinajstić information content (AvgIpc) is 2.74. The minimum atomic E-state index is -0.145. The molecule has 30 heavy (non-hydrogen) atoms. The lowest BCUT2D eigenvalue weighted by atomic mass is 10.2. The first-order chi connectivity index (χ1) is 14.5. The Morgan fingerprint density at radius 3 is 2.17 bits per heavy atom. The average molecular weight is 412 g/mol. The fraction of sp³-hybridized carbons (Fsp3) is 0.417. The van der Waals surface area contributed by atoms with Crippen LogP contribution in [0.4, 0.5) is 5.69 Å². The normalized spacial score (nSPS) is 10.8. The van der Waals surface area contributed by atoms with Crippen LogP contribution in [0, 0.1) is 0 Å². The molecule has 162 valence electrons. The molecule has 0 atom stereocenters. The highest BCUT2D eigenvalue weighted by Crippen LogP contribution is 2.10. The van der Waals surface area contributed by atoms with Crippen molar-refractivity contribution in [3.05, 3.63) is 66.2 Å². The van der Waals surface area contributed by atoms with E-state index in [4.69, 9.17) is 4.84 Å². The Balaban J connectivity index is 1.84. The zero-order chi connectivity index (χ0) is 21.6. The van der Waals surface area contributed by atoms with E-state index in [-0.39, 0.29) is 24.8 Å². The molecule has 2 aromatic carbocycles. The number of para-hydroxylation sites is 1. The van der Waals surface area contributed by atoms with E-state index >= 15 is 0 Å². The summed E-state index contributed by atoms with van der Waals surface area (Å²) in [6.45, 7) is 1.54. The van der Waals surface area contributed by atoms with Crippen molar-refractivity contribution in [1.82, 2.24) is 9.96 Å². The highest BCUT2D eigenvalue weighted by molar-refractivity contribution is 5.91. The van der Waals surface area contributed by atoms with Crippen LogP contribution in [-0.2, 0) is 21.0 Å². The van der Waals surface area contributed by atoms with Gasteiger partial charge in [0.15, 0.2) is 0 Å². The number of hydrogen-bond acceptors (Lipinski definition) is 4.